The molecule has 0 aromatic carbocycles. The summed E-state index contributed by atoms with van der Waals surface area (Å²) in [6.45, 7) is 7.72. The lowest BCUT2D eigenvalue weighted by molar-refractivity contribution is 0.0696. The minimum absolute atomic E-state index is 0. The van der Waals surface area contributed by atoms with Gasteiger partial charge < -0.3 is 5.11 Å². The van der Waals surface area contributed by atoms with Gasteiger partial charge in [-0.15, -0.1) is 12.4 Å². The molecule has 0 aliphatic rings. The van der Waals surface area contributed by atoms with E-state index >= 15 is 0 Å². The van der Waals surface area contributed by atoms with Crippen molar-refractivity contribution in [3.05, 3.63) is 17.5 Å². The molecular weight excluding hydrogens is 204 g/mol. The molecule has 0 radical (unpaired) electrons. The number of hydrogen-bond donors (Lipinski definition) is 1. The van der Waals surface area contributed by atoms with Crippen molar-refractivity contribution in [1.82, 2.24) is 9.78 Å². The zero-order valence-electron chi connectivity index (χ0n) is 8.74. The van der Waals surface area contributed by atoms with E-state index in [-0.39, 0.29) is 23.5 Å². The van der Waals surface area contributed by atoms with Gasteiger partial charge in [0.15, 0.2) is 0 Å². The first kappa shape index (κ1) is 13.0. The molecule has 1 aromatic heterocycles. The number of rotatable bonds is 1. The summed E-state index contributed by atoms with van der Waals surface area (Å²) in [5, 5.41) is 12.8. The fourth-order valence-electron chi connectivity index (χ4n) is 1.30. The predicted octanol–water partition coefficient (Wildman–Crippen LogP) is 2.07. The molecule has 1 heterocycles. The third-order valence-electron chi connectivity index (χ3n) is 1.88. The zero-order valence-corrected chi connectivity index (χ0v) is 9.55. The Morgan fingerprint density at radius 2 is 2.00 bits per heavy atom. The topological polar surface area (TPSA) is 55.1 Å². The maximum absolute atomic E-state index is 10.7. The normalized spacial score (nSPS) is 10.9. The Balaban J connectivity index is 0.00000169. The summed E-state index contributed by atoms with van der Waals surface area (Å²) in [7, 11) is 0. The van der Waals surface area contributed by atoms with E-state index in [0.29, 0.717) is 5.69 Å². The van der Waals surface area contributed by atoms with Gasteiger partial charge in [-0.25, -0.2) is 4.79 Å². The standard InChI is InChI=1S/C9H14N2O2.ClH/c1-6-7(8(12)13)5-10-11(6)9(2,3)4;/h5H,1-4H3,(H,12,13);1H. The van der Waals surface area contributed by atoms with E-state index in [1.165, 1.54) is 6.20 Å². The summed E-state index contributed by atoms with van der Waals surface area (Å²) in [5.74, 6) is -0.923. The van der Waals surface area contributed by atoms with Gasteiger partial charge >= 0.3 is 5.97 Å². The molecule has 14 heavy (non-hydrogen) atoms. The molecule has 0 saturated heterocycles. The Morgan fingerprint density at radius 1 is 1.50 bits per heavy atom. The third-order valence-corrected chi connectivity index (χ3v) is 1.88. The van der Waals surface area contributed by atoms with Crippen molar-refractivity contribution in [2.45, 2.75) is 33.2 Å². The van der Waals surface area contributed by atoms with Gasteiger partial charge in [0.2, 0.25) is 0 Å². The van der Waals surface area contributed by atoms with E-state index < -0.39 is 5.97 Å². The van der Waals surface area contributed by atoms with Crippen LogP contribution in [0.4, 0.5) is 0 Å². The summed E-state index contributed by atoms with van der Waals surface area (Å²) in [4.78, 5) is 10.7. The van der Waals surface area contributed by atoms with Gasteiger partial charge in [-0.1, -0.05) is 0 Å². The number of nitrogens with zero attached hydrogens (tertiary/aromatic N) is 2. The Bertz CT molecular complexity index is 339. The van der Waals surface area contributed by atoms with Gasteiger partial charge in [-0.2, -0.15) is 5.10 Å². The number of aromatic nitrogens is 2. The second-order valence-electron chi connectivity index (χ2n) is 4.03. The molecular formula is C9H15ClN2O2. The van der Waals surface area contributed by atoms with Crippen molar-refractivity contribution < 1.29 is 9.90 Å². The Morgan fingerprint density at radius 3 is 2.21 bits per heavy atom. The summed E-state index contributed by atoms with van der Waals surface area (Å²) in [5.41, 5.74) is 0.799. The highest BCUT2D eigenvalue weighted by molar-refractivity contribution is 5.88. The number of aromatic carboxylic acids is 1. The molecule has 0 spiro atoms. The molecule has 1 rings (SSSR count). The van der Waals surface area contributed by atoms with E-state index in [2.05, 4.69) is 5.10 Å². The molecule has 80 valence electrons. The largest absolute Gasteiger partial charge is 0.478 e. The molecule has 0 aliphatic heterocycles. The molecule has 0 fully saturated rings. The van der Waals surface area contributed by atoms with Gasteiger partial charge in [-0.05, 0) is 27.7 Å². The van der Waals surface area contributed by atoms with Crippen LogP contribution in [-0.4, -0.2) is 20.9 Å². The average Bonchev–Trinajstić information content (AvgIpc) is 2.28. The zero-order chi connectivity index (χ0) is 10.2. The van der Waals surface area contributed by atoms with Crippen LogP contribution in [0.2, 0.25) is 0 Å². The first-order chi connectivity index (χ1) is 5.84. The predicted molar refractivity (Wildman–Crippen MR) is 56.2 cm³/mol. The van der Waals surface area contributed by atoms with E-state index in [1.54, 1.807) is 11.6 Å². The molecule has 5 heteroatoms. The van der Waals surface area contributed by atoms with Crippen molar-refractivity contribution in [3.8, 4) is 0 Å². The minimum Gasteiger partial charge on any atom is -0.478 e. The van der Waals surface area contributed by atoms with Crippen molar-refractivity contribution in [1.29, 1.82) is 0 Å². The first-order valence-electron chi connectivity index (χ1n) is 4.12. The van der Waals surface area contributed by atoms with Crippen molar-refractivity contribution in [2.24, 2.45) is 0 Å². The molecule has 0 unspecified atom stereocenters. The van der Waals surface area contributed by atoms with Crippen LogP contribution in [-0.2, 0) is 5.54 Å². The van der Waals surface area contributed by atoms with Crippen molar-refractivity contribution >= 4 is 18.4 Å². The Kier molecular flexibility index (Phi) is 3.71. The van der Waals surface area contributed by atoms with Crippen LogP contribution >= 0.6 is 12.4 Å². The van der Waals surface area contributed by atoms with Crippen LogP contribution < -0.4 is 0 Å². The van der Waals surface area contributed by atoms with Gasteiger partial charge in [-0.3, -0.25) is 4.68 Å². The van der Waals surface area contributed by atoms with Gasteiger partial charge in [0.05, 0.1) is 17.4 Å². The Hall–Kier alpha value is -1.03. The van der Waals surface area contributed by atoms with Gasteiger partial charge in [0.25, 0.3) is 0 Å². The van der Waals surface area contributed by atoms with E-state index in [4.69, 9.17) is 5.11 Å². The van der Waals surface area contributed by atoms with Gasteiger partial charge in [0, 0.05) is 0 Å². The highest BCUT2D eigenvalue weighted by Crippen LogP contribution is 2.17. The highest BCUT2D eigenvalue weighted by Gasteiger charge is 2.20. The smallest absolute Gasteiger partial charge is 0.339 e. The number of carbonyl (C=O) groups is 1. The fraction of sp³-hybridized carbons (Fsp3) is 0.556. The molecule has 1 aromatic rings. The van der Waals surface area contributed by atoms with Crippen LogP contribution in [0.3, 0.4) is 0 Å². The van der Waals surface area contributed by atoms with E-state index in [9.17, 15) is 4.79 Å². The number of carboxylic acid groups (broad SMARTS) is 1. The lowest BCUT2D eigenvalue weighted by Gasteiger charge is -2.21. The van der Waals surface area contributed by atoms with Crippen LogP contribution in [0.1, 0.15) is 36.8 Å². The van der Waals surface area contributed by atoms with Crippen LogP contribution in [0, 0.1) is 6.92 Å². The van der Waals surface area contributed by atoms with E-state index in [0.717, 1.165) is 0 Å². The van der Waals surface area contributed by atoms with Gasteiger partial charge in [0.1, 0.15) is 5.56 Å². The summed E-state index contributed by atoms with van der Waals surface area (Å²) < 4.78 is 1.72. The second-order valence-corrected chi connectivity index (χ2v) is 4.03. The number of halogens is 1. The molecule has 0 atom stereocenters. The molecule has 4 nitrogen and oxygen atoms in total. The van der Waals surface area contributed by atoms with E-state index in [1.807, 2.05) is 20.8 Å². The fourth-order valence-corrected chi connectivity index (χ4v) is 1.30. The summed E-state index contributed by atoms with van der Waals surface area (Å²) in [6, 6.07) is 0. The maximum atomic E-state index is 10.7. The Labute approximate surface area is 89.3 Å². The van der Waals surface area contributed by atoms with Crippen LogP contribution in [0.15, 0.2) is 6.20 Å². The lowest BCUT2D eigenvalue weighted by Crippen LogP contribution is -2.24. The van der Waals surface area contributed by atoms with Crippen LogP contribution in [0.5, 0.6) is 0 Å². The molecule has 0 amide bonds. The average molecular weight is 219 g/mol. The monoisotopic (exact) mass is 218 g/mol. The van der Waals surface area contributed by atoms with Crippen LogP contribution in [0.25, 0.3) is 0 Å². The molecule has 0 saturated carbocycles. The summed E-state index contributed by atoms with van der Waals surface area (Å²) >= 11 is 0. The minimum atomic E-state index is -0.923. The molecule has 1 N–H and O–H groups in total. The van der Waals surface area contributed by atoms with Crippen molar-refractivity contribution in [3.63, 3.8) is 0 Å². The maximum Gasteiger partial charge on any atom is 0.339 e. The molecule has 0 aliphatic carbocycles. The van der Waals surface area contributed by atoms with Crippen molar-refractivity contribution in [2.75, 3.05) is 0 Å². The second kappa shape index (κ2) is 4.00. The summed E-state index contributed by atoms with van der Waals surface area (Å²) in [6.07, 6.45) is 1.39. The quantitative estimate of drug-likeness (QED) is 0.785. The third kappa shape index (κ3) is 2.26. The highest BCUT2D eigenvalue weighted by atomic mass is 35.5. The molecule has 0 bridgehead atoms. The SMILES string of the molecule is Cc1c(C(=O)O)cnn1C(C)(C)C.Cl. The number of hydrogen-bond acceptors (Lipinski definition) is 2. The first-order valence-corrected chi connectivity index (χ1v) is 4.12. The lowest BCUT2D eigenvalue weighted by atomic mass is 10.1. The number of carboxylic acids is 1.